The number of carbonyl (C=O) groups is 1. The number of hydrogen-bond donors (Lipinski definition) is 1. The molecule has 0 heterocycles. The number of rotatable bonds is 5. The van der Waals surface area contributed by atoms with Crippen LogP contribution >= 0.6 is 11.8 Å². The van der Waals surface area contributed by atoms with Crippen LogP contribution in [0.3, 0.4) is 0 Å². The van der Waals surface area contributed by atoms with Crippen molar-refractivity contribution in [2.45, 2.75) is 12.2 Å². The van der Waals surface area contributed by atoms with Gasteiger partial charge in [0.2, 0.25) is 0 Å². The van der Waals surface area contributed by atoms with E-state index in [2.05, 4.69) is 5.32 Å². The quantitative estimate of drug-likeness (QED) is 0.878. The van der Waals surface area contributed by atoms with Gasteiger partial charge in [0.1, 0.15) is 12.4 Å². The van der Waals surface area contributed by atoms with Crippen LogP contribution in [0.15, 0.2) is 24.3 Å². The predicted molar refractivity (Wildman–Crippen MR) is 70.9 cm³/mol. The van der Waals surface area contributed by atoms with E-state index >= 15 is 0 Å². The van der Waals surface area contributed by atoms with Crippen LogP contribution in [-0.4, -0.2) is 31.3 Å². The fraction of sp³-hybridized carbons (Fsp3) is 0.417. The third-order valence-electron chi connectivity index (χ3n) is 2.19. The first-order chi connectivity index (χ1) is 8.15. The van der Waals surface area contributed by atoms with Crippen molar-refractivity contribution in [2.24, 2.45) is 0 Å². The lowest BCUT2D eigenvalue weighted by Crippen LogP contribution is -2.18. The van der Waals surface area contributed by atoms with Gasteiger partial charge in [-0.3, -0.25) is 5.32 Å². The van der Waals surface area contributed by atoms with Crippen LogP contribution < -0.4 is 10.1 Å². The van der Waals surface area contributed by atoms with Gasteiger partial charge in [-0.25, -0.2) is 4.79 Å². The van der Waals surface area contributed by atoms with Gasteiger partial charge in [0, 0.05) is 10.9 Å². The average Bonchev–Trinajstić information content (AvgIpc) is 2.36. The first-order valence-electron chi connectivity index (χ1n) is 5.26. The van der Waals surface area contributed by atoms with Gasteiger partial charge < -0.3 is 9.47 Å². The number of amides is 1. The van der Waals surface area contributed by atoms with Crippen molar-refractivity contribution in [3.8, 4) is 5.75 Å². The first kappa shape index (κ1) is 13.7. The third-order valence-corrected chi connectivity index (χ3v) is 3.13. The summed E-state index contributed by atoms with van der Waals surface area (Å²) in [6, 6.07) is 7.08. The third kappa shape index (κ3) is 4.99. The molecule has 0 aromatic heterocycles. The van der Waals surface area contributed by atoms with Crippen molar-refractivity contribution in [3.63, 3.8) is 0 Å². The molecular weight excluding hydrogens is 238 g/mol. The van der Waals surface area contributed by atoms with Gasteiger partial charge in [-0.15, -0.1) is 0 Å². The highest BCUT2D eigenvalue weighted by atomic mass is 32.2. The second-order valence-electron chi connectivity index (χ2n) is 3.50. The zero-order chi connectivity index (χ0) is 12.7. The van der Waals surface area contributed by atoms with Crippen LogP contribution in [0.5, 0.6) is 5.75 Å². The van der Waals surface area contributed by atoms with E-state index in [9.17, 15) is 4.79 Å². The Bertz CT molecular complexity index is 353. The summed E-state index contributed by atoms with van der Waals surface area (Å²) in [7, 11) is 1.60. The minimum absolute atomic E-state index is 0.302. The van der Waals surface area contributed by atoms with Crippen molar-refractivity contribution in [2.75, 3.05) is 25.3 Å². The van der Waals surface area contributed by atoms with Gasteiger partial charge in [-0.05, 0) is 30.5 Å². The van der Waals surface area contributed by atoms with Gasteiger partial charge in [0.05, 0.1) is 7.11 Å². The van der Waals surface area contributed by atoms with Crippen LogP contribution in [0.4, 0.5) is 10.5 Å². The smallest absolute Gasteiger partial charge is 0.411 e. The molecule has 94 valence electrons. The normalized spacial score (nSPS) is 11.7. The molecular formula is C12H17NO3S. The lowest BCUT2D eigenvalue weighted by Gasteiger charge is -2.10. The van der Waals surface area contributed by atoms with Crippen molar-refractivity contribution in [1.29, 1.82) is 0 Å². The molecule has 0 aliphatic rings. The van der Waals surface area contributed by atoms with E-state index < -0.39 is 6.09 Å². The highest BCUT2D eigenvalue weighted by Gasteiger charge is 2.06. The fourth-order valence-corrected chi connectivity index (χ4v) is 1.29. The van der Waals surface area contributed by atoms with Gasteiger partial charge in [-0.1, -0.05) is 6.92 Å². The largest absolute Gasteiger partial charge is 0.497 e. The second-order valence-corrected chi connectivity index (χ2v) is 4.77. The van der Waals surface area contributed by atoms with E-state index in [1.165, 1.54) is 0 Å². The number of methoxy groups -OCH3 is 1. The molecule has 0 unspecified atom stereocenters. The van der Waals surface area contributed by atoms with E-state index in [1.54, 1.807) is 43.1 Å². The van der Waals surface area contributed by atoms with E-state index in [0.29, 0.717) is 17.5 Å². The van der Waals surface area contributed by atoms with E-state index in [-0.39, 0.29) is 0 Å². The molecule has 1 N–H and O–H groups in total. The molecule has 1 rings (SSSR count). The Balaban J connectivity index is 2.39. The zero-order valence-corrected chi connectivity index (χ0v) is 11.0. The number of carbonyl (C=O) groups excluding carboxylic acids is 1. The van der Waals surface area contributed by atoms with Crippen LogP contribution in [0.25, 0.3) is 0 Å². The SMILES string of the molecule is COc1ccc(NC(=O)OC[C@@H](C)SC)cc1. The first-order valence-corrected chi connectivity index (χ1v) is 6.55. The Hall–Kier alpha value is -1.36. The molecule has 0 spiro atoms. The number of benzene rings is 1. The summed E-state index contributed by atoms with van der Waals surface area (Å²) in [6.07, 6.45) is 1.55. The van der Waals surface area contributed by atoms with Crippen LogP contribution in [0.2, 0.25) is 0 Å². The van der Waals surface area contributed by atoms with Crippen LogP contribution in [0, 0.1) is 0 Å². The fourth-order valence-electron chi connectivity index (χ4n) is 1.09. The highest BCUT2D eigenvalue weighted by Crippen LogP contribution is 2.15. The molecule has 0 saturated heterocycles. The summed E-state index contributed by atoms with van der Waals surface area (Å²) >= 11 is 1.66. The topological polar surface area (TPSA) is 47.6 Å². The minimum atomic E-state index is -0.434. The molecule has 0 aliphatic carbocycles. The standard InChI is InChI=1S/C12H17NO3S/c1-9(17-3)8-16-12(14)13-10-4-6-11(15-2)7-5-10/h4-7,9H,8H2,1-3H3,(H,13,14)/t9-/m1/s1. The van der Waals surface area contributed by atoms with Crippen molar-refractivity contribution in [1.82, 2.24) is 0 Å². The van der Waals surface area contributed by atoms with E-state index in [1.807, 2.05) is 13.2 Å². The lowest BCUT2D eigenvalue weighted by molar-refractivity contribution is 0.163. The Morgan fingerprint density at radius 1 is 1.41 bits per heavy atom. The number of anilines is 1. The number of hydrogen-bond acceptors (Lipinski definition) is 4. The zero-order valence-electron chi connectivity index (χ0n) is 10.2. The maximum absolute atomic E-state index is 11.4. The average molecular weight is 255 g/mol. The monoisotopic (exact) mass is 255 g/mol. The minimum Gasteiger partial charge on any atom is -0.497 e. The maximum atomic E-state index is 11.4. The highest BCUT2D eigenvalue weighted by molar-refractivity contribution is 7.99. The van der Waals surface area contributed by atoms with Gasteiger partial charge >= 0.3 is 6.09 Å². The Kier molecular flexibility index (Phi) is 5.69. The molecule has 5 heteroatoms. The molecule has 1 atom stereocenters. The molecule has 1 aromatic carbocycles. The van der Waals surface area contributed by atoms with Gasteiger partial charge in [0.15, 0.2) is 0 Å². The Morgan fingerprint density at radius 2 is 2.06 bits per heavy atom. The summed E-state index contributed by atoms with van der Waals surface area (Å²) < 4.78 is 10.1. The summed E-state index contributed by atoms with van der Waals surface area (Å²) in [4.78, 5) is 11.4. The summed E-state index contributed by atoms with van der Waals surface area (Å²) in [5.74, 6) is 0.750. The summed E-state index contributed by atoms with van der Waals surface area (Å²) in [5, 5.41) is 2.95. The molecule has 0 radical (unpaired) electrons. The lowest BCUT2D eigenvalue weighted by atomic mass is 10.3. The van der Waals surface area contributed by atoms with E-state index in [0.717, 1.165) is 5.75 Å². The number of nitrogens with one attached hydrogen (secondary N) is 1. The van der Waals surface area contributed by atoms with Gasteiger partial charge in [-0.2, -0.15) is 11.8 Å². The van der Waals surface area contributed by atoms with Crippen LogP contribution in [-0.2, 0) is 4.74 Å². The van der Waals surface area contributed by atoms with Crippen LogP contribution in [0.1, 0.15) is 6.92 Å². The Labute approximate surface area is 106 Å². The molecule has 4 nitrogen and oxygen atoms in total. The molecule has 0 saturated carbocycles. The van der Waals surface area contributed by atoms with Crippen molar-refractivity contribution >= 4 is 23.5 Å². The number of thioether (sulfide) groups is 1. The Morgan fingerprint density at radius 3 is 2.59 bits per heavy atom. The molecule has 0 bridgehead atoms. The molecule has 0 aliphatic heterocycles. The summed E-state index contributed by atoms with van der Waals surface area (Å²) in [6.45, 7) is 2.41. The van der Waals surface area contributed by atoms with E-state index in [4.69, 9.17) is 9.47 Å². The molecule has 1 amide bonds. The predicted octanol–water partition coefficient (Wildman–Crippen LogP) is 3.00. The maximum Gasteiger partial charge on any atom is 0.411 e. The summed E-state index contributed by atoms with van der Waals surface area (Å²) in [5.41, 5.74) is 0.688. The molecule has 0 fully saturated rings. The molecule has 1 aromatic rings. The van der Waals surface area contributed by atoms with Gasteiger partial charge in [0.25, 0.3) is 0 Å². The number of ether oxygens (including phenoxy) is 2. The van der Waals surface area contributed by atoms with Crippen molar-refractivity contribution in [3.05, 3.63) is 24.3 Å². The molecule has 17 heavy (non-hydrogen) atoms. The van der Waals surface area contributed by atoms with Crippen molar-refractivity contribution < 1.29 is 14.3 Å². The second kappa shape index (κ2) is 7.06.